The minimum atomic E-state index is -0.00508. The molecule has 0 saturated heterocycles. The average molecular weight is 296 g/mol. The van der Waals surface area contributed by atoms with E-state index in [1.165, 1.54) is 0 Å². The number of benzene rings is 2. The normalized spacial score (nSPS) is 11.8. The molecular formula is C19H24N2O. The summed E-state index contributed by atoms with van der Waals surface area (Å²) in [4.78, 5) is 14.5. The van der Waals surface area contributed by atoms with E-state index in [1.807, 2.05) is 57.3 Å². The lowest BCUT2D eigenvalue weighted by molar-refractivity contribution is 0.0951. The molecule has 116 valence electrons. The molecule has 1 unspecified atom stereocenters. The van der Waals surface area contributed by atoms with Gasteiger partial charge in [0.05, 0.1) is 0 Å². The smallest absolute Gasteiger partial charge is 0.251 e. The predicted octanol–water partition coefficient (Wildman–Crippen LogP) is 3.56. The molecule has 0 heterocycles. The van der Waals surface area contributed by atoms with Gasteiger partial charge in [-0.3, -0.25) is 4.79 Å². The van der Waals surface area contributed by atoms with Crippen molar-refractivity contribution >= 4 is 11.6 Å². The van der Waals surface area contributed by atoms with E-state index in [1.54, 1.807) is 0 Å². The van der Waals surface area contributed by atoms with Crippen molar-refractivity contribution in [3.8, 4) is 0 Å². The third-order valence-electron chi connectivity index (χ3n) is 4.02. The molecule has 1 amide bonds. The Morgan fingerprint density at radius 2 is 1.82 bits per heavy atom. The van der Waals surface area contributed by atoms with Crippen molar-refractivity contribution < 1.29 is 4.79 Å². The van der Waals surface area contributed by atoms with Crippen LogP contribution in [0.3, 0.4) is 0 Å². The molecule has 1 N–H and O–H groups in total. The molecule has 0 aliphatic heterocycles. The van der Waals surface area contributed by atoms with Gasteiger partial charge >= 0.3 is 0 Å². The summed E-state index contributed by atoms with van der Waals surface area (Å²) in [6, 6.07) is 16.4. The van der Waals surface area contributed by atoms with Gasteiger partial charge in [-0.2, -0.15) is 0 Å². The molecule has 22 heavy (non-hydrogen) atoms. The number of para-hydroxylation sites is 1. The van der Waals surface area contributed by atoms with Crippen LogP contribution in [0.1, 0.15) is 28.4 Å². The van der Waals surface area contributed by atoms with E-state index in [-0.39, 0.29) is 11.9 Å². The van der Waals surface area contributed by atoms with Gasteiger partial charge in [0.2, 0.25) is 0 Å². The number of anilines is 1. The first-order chi connectivity index (χ1) is 10.5. The second-order valence-corrected chi connectivity index (χ2v) is 5.82. The fourth-order valence-corrected chi connectivity index (χ4v) is 2.37. The molecule has 1 atom stereocenters. The van der Waals surface area contributed by atoms with Gasteiger partial charge in [0.15, 0.2) is 0 Å². The number of carbonyl (C=O) groups is 1. The molecule has 0 spiro atoms. The van der Waals surface area contributed by atoms with E-state index in [2.05, 4.69) is 29.3 Å². The largest absolute Gasteiger partial charge is 0.370 e. The summed E-state index contributed by atoms with van der Waals surface area (Å²) in [5.41, 5.74) is 4.02. The summed E-state index contributed by atoms with van der Waals surface area (Å²) in [6.07, 6.45) is 0. The van der Waals surface area contributed by atoms with Crippen molar-refractivity contribution in [2.75, 3.05) is 18.5 Å². The maximum atomic E-state index is 12.4. The van der Waals surface area contributed by atoms with Gasteiger partial charge in [0, 0.05) is 30.9 Å². The van der Waals surface area contributed by atoms with Crippen molar-refractivity contribution in [3.63, 3.8) is 0 Å². The van der Waals surface area contributed by atoms with Crippen LogP contribution in [-0.2, 0) is 0 Å². The summed E-state index contributed by atoms with van der Waals surface area (Å²) in [5, 5.41) is 3.04. The summed E-state index contributed by atoms with van der Waals surface area (Å²) >= 11 is 0. The number of hydrogen-bond donors (Lipinski definition) is 1. The molecule has 2 aromatic rings. The van der Waals surface area contributed by atoms with E-state index in [4.69, 9.17) is 0 Å². The van der Waals surface area contributed by atoms with Crippen LogP contribution >= 0.6 is 0 Å². The fraction of sp³-hybridized carbons (Fsp3) is 0.316. The first-order valence-electron chi connectivity index (χ1n) is 7.62. The van der Waals surface area contributed by atoms with Crippen LogP contribution in [0.2, 0.25) is 0 Å². The molecule has 0 aliphatic rings. The lowest BCUT2D eigenvalue weighted by Crippen LogP contribution is -2.40. The summed E-state index contributed by atoms with van der Waals surface area (Å²) in [5.74, 6) is -0.00508. The van der Waals surface area contributed by atoms with E-state index in [9.17, 15) is 4.79 Å². The number of aryl methyl sites for hydroxylation is 2. The van der Waals surface area contributed by atoms with Crippen LogP contribution < -0.4 is 10.2 Å². The van der Waals surface area contributed by atoms with Gasteiger partial charge in [-0.25, -0.2) is 0 Å². The second-order valence-electron chi connectivity index (χ2n) is 5.82. The van der Waals surface area contributed by atoms with E-state index in [0.717, 1.165) is 22.4 Å². The number of hydrogen-bond acceptors (Lipinski definition) is 2. The Hall–Kier alpha value is -2.29. The number of nitrogens with one attached hydrogen (secondary N) is 1. The molecule has 0 saturated carbocycles. The number of nitrogens with zero attached hydrogens (tertiary/aromatic N) is 1. The van der Waals surface area contributed by atoms with Crippen molar-refractivity contribution in [2.45, 2.75) is 26.8 Å². The average Bonchev–Trinajstić information content (AvgIpc) is 2.54. The van der Waals surface area contributed by atoms with Gasteiger partial charge in [-0.15, -0.1) is 0 Å². The van der Waals surface area contributed by atoms with Crippen LogP contribution in [0.4, 0.5) is 5.69 Å². The van der Waals surface area contributed by atoms with Crippen molar-refractivity contribution in [1.82, 2.24) is 5.32 Å². The lowest BCUT2D eigenvalue weighted by atomic mass is 10.1. The molecule has 0 fully saturated rings. The van der Waals surface area contributed by atoms with Gasteiger partial charge in [0.1, 0.15) is 0 Å². The molecule has 0 bridgehead atoms. The SMILES string of the molecule is Cc1ccc(C)c(C(=O)NCC(C)N(C)c2ccccc2)c1. The number of likely N-dealkylation sites (N-methyl/N-ethyl adjacent to an activating group) is 1. The minimum absolute atomic E-state index is 0.00508. The third-order valence-corrected chi connectivity index (χ3v) is 4.02. The Labute approximate surface area is 133 Å². The molecule has 0 aromatic heterocycles. The molecule has 2 rings (SSSR count). The standard InChI is InChI=1S/C19H24N2O/c1-14-10-11-15(2)18(12-14)19(22)20-13-16(3)21(4)17-8-6-5-7-9-17/h5-12,16H,13H2,1-4H3,(H,20,22). The first-order valence-corrected chi connectivity index (χ1v) is 7.62. The van der Waals surface area contributed by atoms with Crippen LogP contribution in [0.5, 0.6) is 0 Å². The van der Waals surface area contributed by atoms with Gasteiger partial charge in [-0.1, -0.05) is 35.9 Å². The third kappa shape index (κ3) is 3.88. The molecule has 2 aromatic carbocycles. The predicted molar refractivity (Wildman–Crippen MR) is 92.6 cm³/mol. The van der Waals surface area contributed by atoms with Crippen LogP contribution in [0, 0.1) is 13.8 Å². The summed E-state index contributed by atoms with van der Waals surface area (Å²) in [7, 11) is 2.05. The Balaban J connectivity index is 1.97. The highest BCUT2D eigenvalue weighted by Gasteiger charge is 2.13. The Kier molecular flexibility index (Phi) is 5.21. The monoisotopic (exact) mass is 296 g/mol. The zero-order valence-corrected chi connectivity index (χ0v) is 13.8. The van der Waals surface area contributed by atoms with Gasteiger partial charge < -0.3 is 10.2 Å². The maximum absolute atomic E-state index is 12.4. The summed E-state index contributed by atoms with van der Waals surface area (Å²) in [6.45, 7) is 6.68. The van der Waals surface area contributed by atoms with E-state index < -0.39 is 0 Å². The highest BCUT2D eigenvalue weighted by molar-refractivity contribution is 5.95. The zero-order chi connectivity index (χ0) is 16.1. The Morgan fingerprint density at radius 3 is 2.50 bits per heavy atom. The Bertz CT molecular complexity index is 637. The highest BCUT2D eigenvalue weighted by atomic mass is 16.1. The zero-order valence-electron chi connectivity index (χ0n) is 13.8. The van der Waals surface area contributed by atoms with Crippen molar-refractivity contribution in [3.05, 3.63) is 65.2 Å². The second kappa shape index (κ2) is 7.12. The topological polar surface area (TPSA) is 32.3 Å². The first kappa shape index (κ1) is 16.1. The number of carbonyl (C=O) groups excluding carboxylic acids is 1. The lowest BCUT2D eigenvalue weighted by Gasteiger charge is -2.27. The van der Waals surface area contributed by atoms with Crippen LogP contribution in [0.15, 0.2) is 48.5 Å². The van der Waals surface area contributed by atoms with Gasteiger partial charge in [-0.05, 0) is 44.5 Å². The molecule has 0 aliphatic carbocycles. The van der Waals surface area contributed by atoms with Crippen LogP contribution in [0.25, 0.3) is 0 Å². The van der Waals surface area contributed by atoms with Crippen molar-refractivity contribution in [1.29, 1.82) is 0 Å². The molecule has 0 radical (unpaired) electrons. The van der Waals surface area contributed by atoms with E-state index >= 15 is 0 Å². The maximum Gasteiger partial charge on any atom is 0.251 e. The van der Waals surface area contributed by atoms with Crippen LogP contribution in [-0.4, -0.2) is 25.5 Å². The highest BCUT2D eigenvalue weighted by Crippen LogP contribution is 2.14. The fourth-order valence-electron chi connectivity index (χ4n) is 2.37. The van der Waals surface area contributed by atoms with Gasteiger partial charge in [0.25, 0.3) is 5.91 Å². The number of rotatable bonds is 5. The number of amides is 1. The molecule has 3 nitrogen and oxygen atoms in total. The molecule has 3 heteroatoms. The van der Waals surface area contributed by atoms with E-state index in [0.29, 0.717) is 6.54 Å². The molecular weight excluding hydrogens is 272 g/mol. The van der Waals surface area contributed by atoms with Crippen molar-refractivity contribution in [2.24, 2.45) is 0 Å². The Morgan fingerprint density at radius 1 is 1.14 bits per heavy atom. The quantitative estimate of drug-likeness (QED) is 0.915. The minimum Gasteiger partial charge on any atom is -0.370 e. The summed E-state index contributed by atoms with van der Waals surface area (Å²) < 4.78 is 0.